The summed E-state index contributed by atoms with van der Waals surface area (Å²) in [6.45, 7) is 10.6. The molecule has 2 aromatic carbocycles. The fourth-order valence-corrected chi connectivity index (χ4v) is 3.22. The number of hydrogen-bond acceptors (Lipinski definition) is 3. The number of benzene rings is 2. The fraction of sp³-hybridized carbons (Fsp3) is 0.417. The molecular weight excluding hydrogens is 364 g/mol. The number of hydrogen-bond donors (Lipinski definition) is 1. The van der Waals surface area contributed by atoms with Gasteiger partial charge in [-0.05, 0) is 43.9 Å². The van der Waals surface area contributed by atoms with Crippen LogP contribution in [-0.2, 0) is 16.1 Å². The van der Waals surface area contributed by atoms with Crippen molar-refractivity contribution in [3.63, 3.8) is 0 Å². The first-order valence-corrected chi connectivity index (χ1v) is 10.2. The lowest BCUT2D eigenvalue weighted by Gasteiger charge is -2.29. The summed E-state index contributed by atoms with van der Waals surface area (Å²) in [5, 5.41) is 2.80. The molecule has 156 valence electrons. The zero-order valence-corrected chi connectivity index (χ0v) is 18.1. The molecular formula is C24H32N2O3. The Labute approximate surface area is 174 Å². The quantitative estimate of drug-likeness (QED) is 0.696. The fourth-order valence-electron chi connectivity index (χ4n) is 3.22. The maximum Gasteiger partial charge on any atom is 0.261 e. The number of aryl methyl sites for hydroxylation is 1. The summed E-state index contributed by atoms with van der Waals surface area (Å²) in [5.41, 5.74) is 3.15. The molecule has 0 aromatic heterocycles. The van der Waals surface area contributed by atoms with E-state index < -0.39 is 6.04 Å². The van der Waals surface area contributed by atoms with Gasteiger partial charge in [0.1, 0.15) is 11.8 Å². The van der Waals surface area contributed by atoms with E-state index in [0.717, 1.165) is 16.7 Å². The predicted molar refractivity (Wildman–Crippen MR) is 116 cm³/mol. The van der Waals surface area contributed by atoms with Crippen LogP contribution in [0, 0.1) is 6.92 Å². The minimum atomic E-state index is -0.591. The van der Waals surface area contributed by atoms with E-state index in [-0.39, 0.29) is 18.4 Å². The van der Waals surface area contributed by atoms with E-state index in [4.69, 9.17) is 4.74 Å². The van der Waals surface area contributed by atoms with Gasteiger partial charge in [0.15, 0.2) is 6.61 Å². The molecule has 5 nitrogen and oxygen atoms in total. The van der Waals surface area contributed by atoms with E-state index in [1.54, 1.807) is 11.8 Å². The Balaban J connectivity index is 2.18. The van der Waals surface area contributed by atoms with Crippen LogP contribution in [0.5, 0.6) is 5.75 Å². The number of ether oxygens (including phenoxy) is 1. The van der Waals surface area contributed by atoms with E-state index in [2.05, 4.69) is 19.2 Å². The lowest BCUT2D eigenvalue weighted by atomic mass is 10.0. The van der Waals surface area contributed by atoms with Crippen molar-refractivity contribution in [2.75, 3.05) is 13.2 Å². The van der Waals surface area contributed by atoms with Gasteiger partial charge in [0.25, 0.3) is 5.91 Å². The highest BCUT2D eigenvalue weighted by Gasteiger charge is 2.26. The molecule has 0 radical (unpaired) electrons. The lowest BCUT2D eigenvalue weighted by molar-refractivity contribution is -0.142. The first-order valence-electron chi connectivity index (χ1n) is 10.2. The van der Waals surface area contributed by atoms with Crippen LogP contribution < -0.4 is 10.1 Å². The van der Waals surface area contributed by atoms with Crippen LogP contribution in [0.2, 0.25) is 0 Å². The van der Waals surface area contributed by atoms with Gasteiger partial charge in [-0.15, -0.1) is 0 Å². The van der Waals surface area contributed by atoms with Crippen molar-refractivity contribution in [3.05, 3.63) is 65.2 Å². The van der Waals surface area contributed by atoms with Crippen LogP contribution in [0.3, 0.4) is 0 Å². The van der Waals surface area contributed by atoms with Crippen molar-refractivity contribution in [3.8, 4) is 5.75 Å². The Hall–Kier alpha value is -2.82. The normalized spacial score (nSPS) is 11.8. The average molecular weight is 397 g/mol. The summed E-state index contributed by atoms with van der Waals surface area (Å²) in [7, 11) is 0. The van der Waals surface area contributed by atoms with Gasteiger partial charge in [-0.2, -0.15) is 0 Å². The molecule has 2 aromatic rings. The first kappa shape index (κ1) is 22.5. The topological polar surface area (TPSA) is 58.6 Å². The molecule has 0 unspecified atom stereocenters. The zero-order chi connectivity index (χ0) is 21.4. The number of amides is 2. The summed E-state index contributed by atoms with van der Waals surface area (Å²) in [5.74, 6) is 0.607. The molecule has 0 aliphatic carbocycles. The number of likely N-dealkylation sites (N-methyl/N-ethyl adjacent to an activating group) is 1. The van der Waals surface area contributed by atoms with Gasteiger partial charge in [-0.1, -0.05) is 61.9 Å². The average Bonchev–Trinajstić information content (AvgIpc) is 2.70. The molecule has 0 fully saturated rings. The molecule has 0 aliphatic rings. The highest BCUT2D eigenvalue weighted by molar-refractivity contribution is 5.87. The van der Waals surface area contributed by atoms with Crippen molar-refractivity contribution < 1.29 is 14.3 Å². The molecule has 2 amide bonds. The summed E-state index contributed by atoms with van der Waals surface area (Å²) < 4.78 is 5.87. The van der Waals surface area contributed by atoms with Crippen LogP contribution in [0.25, 0.3) is 0 Å². The smallest absolute Gasteiger partial charge is 0.261 e. The van der Waals surface area contributed by atoms with Crippen molar-refractivity contribution >= 4 is 11.8 Å². The Morgan fingerprint density at radius 3 is 2.45 bits per heavy atom. The van der Waals surface area contributed by atoms with Crippen molar-refractivity contribution in [2.24, 2.45) is 0 Å². The van der Waals surface area contributed by atoms with Gasteiger partial charge in [0, 0.05) is 13.1 Å². The molecule has 2 rings (SSSR count). The van der Waals surface area contributed by atoms with E-state index in [9.17, 15) is 9.59 Å². The van der Waals surface area contributed by atoms with Crippen LogP contribution in [-0.4, -0.2) is 35.9 Å². The number of para-hydroxylation sites is 1. The predicted octanol–water partition coefficient (Wildman–Crippen LogP) is 4.05. The van der Waals surface area contributed by atoms with Gasteiger partial charge < -0.3 is 15.0 Å². The molecule has 0 spiro atoms. The Morgan fingerprint density at radius 1 is 1.07 bits per heavy atom. The Bertz CT molecular complexity index is 832. The Morgan fingerprint density at radius 2 is 1.79 bits per heavy atom. The second-order valence-corrected chi connectivity index (χ2v) is 7.56. The van der Waals surface area contributed by atoms with E-state index >= 15 is 0 Å². The van der Waals surface area contributed by atoms with Gasteiger partial charge in [-0.3, -0.25) is 9.59 Å². The van der Waals surface area contributed by atoms with Gasteiger partial charge in [0.2, 0.25) is 5.91 Å². The molecule has 0 bridgehead atoms. The third-order valence-corrected chi connectivity index (χ3v) is 4.85. The monoisotopic (exact) mass is 396 g/mol. The van der Waals surface area contributed by atoms with Crippen molar-refractivity contribution in [1.82, 2.24) is 10.2 Å². The van der Waals surface area contributed by atoms with Crippen molar-refractivity contribution in [2.45, 2.75) is 53.1 Å². The second-order valence-electron chi connectivity index (χ2n) is 7.56. The summed E-state index contributed by atoms with van der Waals surface area (Å²) in [4.78, 5) is 27.1. The maximum atomic E-state index is 13.1. The molecule has 0 aliphatic heterocycles. The van der Waals surface area contributed by atoms with Crippen LogP contribution in [0.4, 0.5) is 0 Å². The van der Waals surface area contributed by atoms with Gasteiger partial charge in [-0.25, -0.2) is 0 Å². The number of nitrogens with zero attached hydrogens (tertiary/aromatic N) is 1. The molecule has 1 N–H and O–H groups in total. The van der Waals surface area contributed by atoms with E-state index in [0.29, 0.717) is 24.8 Å². The number of rotatable bonds is 9. The summed E-state index contributed by atoms with van der Waals surface area (Å²) in [6, 6.07) is 15.1. The van der Waals surface area contributed by atoms with Gasteiger partial charge in [0.05, 0.1) is 0 Å². The van der Waals surface area contributed by atoms with Crippen LogP contribution in [0.15, 0.2) is 48.5 Å². The maximum absolute atomic E-state index is 13.1. The molecule has 0 saturated heterocycles. The van der Waals surface area contributed by atoms with Crippen molar-refractivity contribution in [1.29, 1.82) is 0 Å². The standard InChI is InChI=1S/C24H32N2O3/c1-6-25-24(28)19(5)26(15-20-11-9-10-18(4)14-20)23(27)16-29-22-13-8-7-12-21(22)17(2)3/h7-14,17,19H,6,15-16H2,1-5H3,(H,25,28)/t19-/m0/s1. The minimum Gasteiger partial charge on any atom is -0.483 e. The lowest BCUT2D eigenvalue weighted by Crippen LogP contribution is -2.49. The number of carbonyl (C=O) groups excluding carboxylic acids is 2. The zero-order valence-electron chi connectivity index (χ0n) is 18.1. The van der Waals surface area contributed by atoms with E-state index in [1.807, 2.05) is 62.4 Å². The number of carbonyl (C=O) groups is 2. The first-order chi connectivity index (χ1) is 13.8. The molecule has 0 heterocycles. The molecule has 29 heavy (non-hydrogen) atoms. The SMILES string of the molecule is CCNC(=O)[C@H](C)N(Cc1cccc(C)c1)C(=O)COc1ccccc1C(C)C. The molecule has 5 heteroatoms. The highest BCUT2D eigenvalue weighted by atomic mass is 16.5. The highest BCUT2D eigenvalue weighted by Crippen LogP contribution is 2.26. The van der Waals surface area contributed by atoms with E-state index in [1.165, 1.54) is 0 Å². The molecule has 0 saturated carbocycles. The largest absolute Gasteiger partial charge is 0.483 e. The van der Waals surface area contributed by atoms with Crippen LogP contribution in [0.1, 0.15) is 50.3 Å². The Kier molecular flexibility index (Phi) is 8.25. The molecule has 1 atom stereocenters. The summed E-state index contributed by atoms with van der Waals surface area (Å²) in [6.07, 6.45) is 0. The minimum absolute atomic E-state index is 0.112. The van der Waals surface area contributed by atoms with Crippen LogP contribution >= 0.6 is 0 Å². The third-order valence-electron chi connectivity index (χ3n) is 4.85. The number of nitrogens with one attached hydrogen (secondary N) is 1. The third kappa shape index (κ3) is 6.34. The van der Waals surface area contributed by atoms with Gasteiger partial charge >= 0.3 is 0 Å². The summed E-state index contributed by atoms with van der Waals surface area (Å²) >= 11 is 0. The second kappa shape index (κ2) is 10.6.